The fraction of sp³-hybridized carbons (Fsp3) is 0.381. The van der Waals surface area contributed by atoms with Crippen LogP contribution in [0.25, 0.3) is 11.0 Å². The highest BCUT2D eigenvalue weighted by Crippen LogP contribution is 2.21. The summed E-state index contributed by atoms with van der Waals surface area (Å²) < 4.78 is 5.43. The van der Waals surface area contributed by atoms with Gasteiger partial charge in [0, 0.05) is 45.3 Å². The molecule has 1 amide bonds. The first-order valence-electron chi connectivity index (χ1n) is 10.2. The Morgan fingerprint density at radius 2 is 1.67 bits per heavy atom. The summed E-state index contributed by atoms with van der Waals surface area (Å²) in [6, 6.07) is 9.65. The van der Waals surface area contributed by atoms with Crippen LogP contribution in [0.1, 0.15) is 10.5 Å². The number of fused-ring (bicyclic) bond motifs is 1. The summed E-state index contributed by atoms with van der Waals surface area (Å²) in [5.74, 6) is 0.762. The van der Waals surface area contributed by atoms with E-state index in [0.717, 1.165) is 48.8 Å². The Bertz CT molecular complexity index is 1050. The SMILES string of the molecule is O=C(c1cnc2ccccc2n1)N1CCN(c2cc(N3CCOCC3)cnn2)CC1. The number of anilines is 2. The lowest BCUT2D eigenvalue weighted by Crippen LogP contribution is -2.49. The van der Waals surface area contributed by atoms with E-state index in [1.807, 2.05) is 29.2 Å². The molecular formula is C21H23N7O2. The molecule has 0 spiro atoms. The van der Waals surface area contributed by atoms with Gasteiger partial charge >= 0.3 is 0 Å². The molecule has 2 aliphatic rings. The number of carbonyl (C=O) groups excluding carboxylic acids is 1. The molecular weight excluding hydrogens is 382 g/mol. The summed E-state index contributed by atoms with van der Waals surface area (Å²) >= 11 is 0. The molecule has 3 aromatic rings. The van der Waals surface area contributed by atoms with Gasteiger partial charge in [0.05, 0.1) is 42.3 Å². The van der Waals surface area contributed by atoms with Crippen molar-refractivity contribution in [3.8, 4) is 0 Å². The fourth-order valence-corrected chi connectivity index (χ4v) is 3.86. The number of amides is 1. The van der Waals surface area contributed by atoms with Crippen molar-refractivity contribution in [2.24, 2.45) is 0 Å². The minimum atomic E-state index is -0.0824. The summed E-state index contributed by atoms with van der Waals surface area (Å²) in [5, 5.41) is 8.51. The molecule has 0 unspecified atom stereocenters. The van der Waals surface area contributed by atoms with Crippen LogP contribution in [0.15, 0.2) is 42.7 Å². The Labute approximate surface area is 174 Å². The van der Waals surface area contributed by atoms with Gasteiger partial charge < -0.3 is 19.4 Å². The van der Waals surface area contributed by atoms with Crippen molar-refractivity contribution >= 4 is 28.4 Å². The second-order valence-electron chi connectivity index (χ2n) is 7.39. The maximum absolute atomic E-state index is 12.9. The number of benzene rings is 1. The predicted molar refractivity (Wildman–Crippen MR) is 113 cm³/mol. The molecule has 30 heavy (non-hydrogen) atoms. The Kier molecular flexibility index (Phi) is 5.10. The molecule has 0 saturated carbocycles. The maximum Gasteiger partial charge on any atom is 0.274 e. The molecule has 0 bridgehead atoms. The number of carbonyl (C=O) groups is 1. The molecule has 154 valence electrons. The molecule has 0 atom stereocenters. The van der Waals surface area contributed by atoms with Gasteiger partial charge in [-0.15, -0.1) is 5.10 Å². The van der Waals surface area contributed by atoms with Crippen molar-refractivity contribution < 1.29 is 9.53 Å². The van der Waals surface area contributed by atoms with E-state index >= 15 is 0 Å². The molecule has 0 radical (unpaired) electrons. The zero-order chi connectivity index (χ0) is 20.3. The minimum Gasteiger partial charge on any atom is -0.378 e. The fourth-order valence-electron chi connectivity index (χ4n) is 3.86. The van der Waals surface area contributed by atoms with Gasteiger partial charge in [-0.2, -0.15) is 5.10 Å². The second kappa shape index (κ2) is 8.19. The molecule has 5 rings (SSSR count). The highest BCUT2D eigenvalue weighted by atomic mass is 16.5. The standard InChI is InChI=1S/C21H23N7O2/c29-21(19-15-22-17-3-1-2-4-18(17)24-19)28-7-5-27(6-8-28)20-13-16(14-23-25-20)26-9-11-30-12-10-26/h1-4,13-15H,5-12H2. The molecule has 0 N–H and O–H groups in total. The number of para-hydroxylation sites is 2. The maximum atomic E-state index is 12.9. The average Bonchev–Trinajstić information content (AvgIpc) is 2.84. The molecule has 2 aromatic heterocycles. The van der Waals surface area contributed by atoms with Crippen molar-refractivity contribution in [2.75, 3.05) is 62.3 Å². The number of piperazine rings is 1. The lowest BCUT2D eigenvalue weighted by atomic mass is 10.2. The van der Waals surface area contributed by atoms with Gasteiger partial charge in [0.15, 0.2) is 5.82 Å². The summed E-state index contributed by atoms with van der Waals surface area (Å²) in [6.45, 7) is 5.81. The number of nitrogens with zero attached hydrogens (tertiary/aromatic N) is 7. The number of hydrogen-bond acceptors (Lipinski definition) is 8. The van der Waals surface area contributed by atoms with Gasteiger partial charge in [0.25, 0.3) is 5.91 Å². The van der Waals surface area contributed by atoms with Crippen LogP contribution in [0.5, 0.6) is 0 Å². The number of ether oxygens (including phenoxy) is 1. The van der Waals surface area contributed by atoms with E-state index in [0.29, 0.717) is 31.9 Å². The number of rotatable bonds is 3. The average molecular weight is 405 g/mol. The summed E-state index contributed by atoms with van der Waals surface area (Å²) in [5.41, 5.74) is 2.97. The molecule has 2 saturated heterocycles. The number of aromatic nitrogens is 4. The summed E-state index contributed by atoms with van der Waals surface area (Å²) in [6.07, 6.45) is 3.36. The molecule has 0 aliphatic carbocycles. The van der Waals surface area contributed by atoms with Crippen molar-refractivity contribution in [2.45, 2.75) is 0 Å². The van der Waals surface area contributed by atoms with Crippen LogP contribution in [0.4, 0.5) is 11.5 Å². The number of hydrogen-bond donors (Lipinski definition) is 0. The minimum absolute atomic E-state index is 0.0824. The van der Waals surface area contributed by atoms with Crippen LogP contribution in [-0.2, 0) is 4.74 Å². The summed E-state index contributed by atoms with van der Waals surface area (Å²) in [4.78, 5) is 28.0. The zero-order valence-corrected chi connectivity index (χ0v) is 16.6. The van der Waals surface area contributed by atoms with Crippen molar-refractivity contribution in [3.05, 3.63) is 48.4 Å². The zero-order valence-electron chi connectivity index (χ0n) is 16.6. The smallest absolute Gasteiger partial charge is 0.274 e. The molecule has 9 nitrogen and oxygen atoms in total. The van der Waals surface area contributed by atoms with Crippen molar-refractivity contribution in [1.82, 2.24) is 25.1 Å². The third-order valence-electron chi connectivity index (χ3n) is 5.56. The highest BCUT2D eigenvalue weighted by molar-refractivity contribution is 5.94. The van der Waals surface area contributed by atoms with Gasteiger partial charge in [-0.25, -0.2) is 4.98 Å². The van der Waals surface area contributed by atoms with E-state index in [-0.39, 0.29) is 5.91 Å². The van der Waals surface area contributed by atoms with Gasteiger partial charge in [-0.05, 0) is 12.1 Å². The molecule has 4 heterocycles. The van der Waals surface area contributed by atoms with E-state index in [1.165, 1.54) is 0 Å². The molecule has 2 fully saturated rings. The van der Waals surface area contributed by atoms with Crippen LogP contribution in [-0.4, -0.2) is 83.5 Å². The highest BCUT2D eigenvalue weighted by Gasteiger charge is 2.25. The third-order valence-corrected chi connectivity index (χ3v) is 5.56. The van der Waals surface area contributed by atoms with Gasteiger partial charge in [0.2, 0.25) is 0 Å². The second-order valence-corrected chi connectivity index (χ2v) is 7.39. The first kappa shape index (κ1) is 18.7. The largest absolute Gasteiger partial charge is 0.378 e. The Morgan fingerprint density at radius 1 is 0.900 bits per heavy atom. The first-order valence-corrected chi connectivity index (χ1v) is 10.2. The normalized spacial score (nSPS) is 17.4. The monoisotopic (exact) mass is 405 g/mol. The lowest BCUT2D eigenvalue weighted by molar-refractivity contribution is 0.0740. The van der Waals surface area contributed by atoms with Gasteiger partial charge in [-0.3, -0.25) is 9.78 Å². The van der Waals surface area contributed by atoms with Gasteiger partial charge in [-0.1, -0.05) is 12.1 Å². The van der Waals surface area contributed by atoms with Crippen molar-refractivity contribution in [1.29, 1.82) is 0 Å². The third kappa shape index (κ3) is 3.76. The van der Waals surface area contributed by atoms with Crippen LogP contribution in [0, 0.1) is 0 Å². The van der Waals surface area contributed by atoms with E-state index in [2.05, 4.69) is 36.0 Å². The van der Waals surface area contributed by atoms with E-state index in [9.17, 15) is 4.79 Å². The van der Waals surface area contributed by atoms with Crippen molar-refractivity contribution in [3.63, 3.8) is 0 Å². The molecule has 1 aromatic carbocycles. The Balaban J connectivity index is 1.25. The van der Waals surface area contributed by atoms with Crippen LogP contribution >= 0.6 is 0 Å². The first-order chi connectivity index (χ1) is 14.8. The Hall–Kier alpha value is -3.33. The van der Waals surface area contributed by atoms with E-state index < -0.39 is 0 Å². The predicted octanol–water partition coefficient (Wildman–Crippen LogP) is 1.22. The van der Waals surface area contributed by atoms with Crippen LogP contribution < -0.4 is 9.80 Å². The Morgan fingerprint density at radius 3 is 2.47 bits per heavy atom. The topological polar surface area (TPSA) is 87.6 Å². The summed E-state index contributed by atoms with van der Waals surface area (Å²) in [7, 11) is 0. The van der Waals surface area contributed by atoms with Gasteiger partial charge in [0.1, 0.15) is 5.69 Å². The lowest BCUT2D eigenvalue weighted by Gasteiger charge is -2.35. The van der Waals surface area contributed by atoms with Crippen LogP contribution in [0.2, 0.25) is 0 Å². The van der Waals surface area contributed by atoms with E-state index in [4.69, 9.17) is 4.74 Å². The quantitative estimate of drug-likeness (QED) is 0.643. The van der Waals surface area contributed by atoms with E-state index in [1.54, 1.807) is 12.4 Å². The molecule has 9 heteroatoms. The number of morpholine rings is 1. The van der Waals surface area contributed by atoms with Crippen LogP contribution in [0.3, 0.4) is 0 Å². The molecule has 2 aliphatic heterocycles.